The summed E-state index contributed by atoms with van der Waals surface area (Å²) in [7, 11) is 1.29. The van der Waals surface area contributed by atoms with E-state index in [-0.39, 0.29) is 5.82 Å². The zero-order chi connectivity index (χ0) is 15.7. The summed E-state index contributed by atoms with van der Waals surface area (Å²) in [6.45, 7) is 0. The van der Waals surface area contributed by atoms with Crippen LogP contribution in [-0.4, -0.2) is 37.0 Å². The second-order valence-corrected chi connectivity index (χ2v) is 5.24. The molecule has 6 heteroatoms. The molecule has 1 aromatic rings. The minimum Gasteiger partial charge on any atom is -0.467 e. The fourth-order valence-electron chi connectivity index (χ4n) is 1.59. The highest BCUT2D eigenvalue weighted by Gasteiger charge is 2.19. The molecular formula is C15H18FNO3S. The van der Waals surface area contributed by atoms with Crippen LogP contribution in [0.2, 0.25) is 0 Å². The molecule has 0 spiro atoms. The largest absolute Gasteiger partial charge is 0.467 e. The average molecular weight is 311 g/mol. The van der Waals surface area contributed by atoms with Crippen LogP contribution in [0.25, 0.3) is 6.08 Å². The van der Waals surface area contributed by atoms with E-state index in [1.54, 1.807) is 30.0 Å². The summed E-state index contributed by atoms with van der Waals surface area (Å²) in [5, 5.41) is 2.60. The molecule has 0 radical (unpaired) electrons. The van der Waals surface area contributed by atoms with Gasteiger partial charge in [0.1, 0.15) is 11.9 Å². The van der Waals surface area contributed by atoms with E-state index in [4.69, 9.17) is 0 Å². The van der Waals surface area contributed by atoms with Gasteiger partial charge in [0.25, 0.3) is 0 Å². The molecule has 0 aliphatic rings. The van der Waals surface area contributed by atoms with Crippen molar-refractivity contribution in [2.24, 2.45) is 0 Å². The number of carbonyl (C=O) groups excluding carboxylic acids is 2. The van der Waals surface area contributed by atoms with E-state index in [0.29, 0.717) is 12.0 Å². The second-order valence-electron chi connectivity index (χ2n) is 4.25. The van der Waals surface area contributed by atoms with Gasteiger partial charge in [-0.1, -0.05) is 12.1 Å². The molecule has 0 fully saturated rings. The van der Waals surface area contributed by atoms with E-state index in [1.807, 2.05) is 6.26 Å². The fourth-order valence-corrected chi connectivity index (χ4v) is 2.06. The Morgan fingerprint density at radius 1 is 1.38 bits per heavy atom. The number of nitrogens with one attached hydrogen (secondary N) is 1. The first kappa shape index (κ1) is 17.2. The Labute approximate surface area is 127 Å². The van der Waals surface area contributed by atoms with Gasteiger partial charge in [-0.25, -0.2) is 9.18 Å². The van der Waals surface area contributed by atoms with Crippen LogP contribution in [0, 0.1) is 5.82 Å². The lowest BCUT2D eigenvalue weighted by molar-refractivity contribution is -0.144. The van der Waals surface area contributed by atoms with E-state index in [1.165, 1.54) is 25.3 Å². The van der Waals surface area contributed by atoms with Gasteiger partial charge in [0.2, 0.25) is 5.91 Å². The quantitative estimate of drug-likeness (QED) is 0.620. The smallest absolute Gasteiger partial charge is 0.328 e. The van der Waals surface area contributed by atoms with Crippen LogP contribution < -0.4 is 5.32 Å². The lowest BCUT2D eigenvalue weighted by Gasteiger charge is -2.14. The van der Waals surface area contributed by atoms with Gasteiger partial charge in [-0.05, 0) is 42.2 Å². The number of hydrogen-bond acceptors (Lipinski definition) is 4. The Kier molecular flexibility index (Phi) is 7.53. The molecular weight excluding hydrogens is 293 g/mol. The molecule has 0 aliphatic heterocycles. The van der Waals surface area contributed by atoms with Crippen LogP contribution in [0.1, 0.15) is 12.0 Å². The van der Waals surface area contributed by atoms with Crippen LogP contribution in [-0.2, 0) is 14.3 Å². The third kappa shape index (κ3) is 6.44. The Bertz CT molecular complexity index is 502. The third-order valence-electron chi connectivity index (χ3n) is 2.71. The number of esters is 1. The number of methoxy groups -OCH3 is 1. The average Bonchev–Trinajstić information content (AvgIpc) is 2.50. The van der Waals surface area contributed by atoms with E-state index in [9.17, 15) is 14.0 Å². The van der Waals surface area contributed by atoms with Crippen molar-refractivity contribution in [2.75, 3.05) is 19.1 Å². The molecule has 0 unspecified atom stereocenters. The molecule has 1 atom stereocenters. The van der Waals surface area contributed by atoms with Gasteiger partial charge in [-0.2, -0.15) is 11.8 Å². The van der Waals surface area contributed by atoms with Crippen molar-refractivity contribution in [1.29, 1.82) is 0 Å². The Morgan fingerprint density at radius 2 is 2.05 bits per heavy atom. The van der Waals surface area contributed by atoms with Gasteiger partial charge in [-0.3, -0.25) is 4.79 Å². The molecule has 0 aliphatic carbocycles. The lowest BCUT2D eigenvalue weighted by Crippen LogP contribution is -2.41. The van der Waals surface area contributed by atoms with Crippen molar-refractivity contribution in [3.8, 4) is 0 Å². The Morgan fingerprint density at radius 3 is 2.62 bits per heavy atom. The molecule has 1 amide bonds. The monoisotopic (exact) mass is 311 g/mol. The minimum atomic E-state index is -0.659. The number of ether oxygens (including phenoxy) is 1. The normalized spacial score (nSPS) is 12.1. The van der Waals surface area contributed by atoms with Crippen LogP contribution >= 0.6 is 11.8 Å². The minimum absolute atomic E-state index is 0.334. The van der Waals surface area contributed by atoms with Crippen molar-refractivity contribution in [1.82, 2.24) is 5.32 Å². The summed E-state index contributed by atoms with van der Waals surface area (Å²) in [6.07, 6.45) is 5.29. The molecule has 4 nitrogen and oxygen atoms in total. The number of carbonyl (C=O) groups is 2. The predicted molar refractivity (Wildman–Crippen MR) is 82.4 cm³/mol. The van der Waals surface area contributed by atoms with Crippen molar-refractivity contribution in [2.45, 2.75) is 12.5 Å². The van der Waals surface area contributed by atoms with Crippen LogP contribution in [0.15, 0.2) is 30.3 Å². The molecule has 114 valence electrons. The Balaban J connectivity index is 2.60. The molecule has 1 aromatic carbocycles. The molecule has 1 N–H and O–H groups in total. The van der Waals surface area contributed by atoms with Gasteiger partial charge in [0.15, 0.2) is 0 Å². The van der Waals surface area contributed by atoms with Crippen molar-refractivity contribution < 1.29 is 18.7 Å². The zero-order valence-electron chi connectivity index (χ0n) is 12.0. The van der Waals surface area contributed by atoms with Gasteiger partial charge >= 0.3 is 5.97 Å². The predicted octanol–water partition coefficient (Wildman–Crippen LogP) is 2.25. The number of benzene rings is 1. The molecule has 0 aromatic heterocycles. The highest BCUT2D eigenvalue weighted by Crippen LogP contribution is 2.05. The summed E-state index contributed by atoms with van der Waals surface area (Å²) in [4.78, 5) is 23.3. The molecule has 0 heterocycles. The molecule has 0 saturated heterocycles. The first-order valence-corrected chi connectivity index (χ1v) is 7.77. The number of halogens is 1. The molecule has 21 heavy (non-hydrogen) atoms. The topological polar surface area (TPSA) is 55.4 Å². The first-order valence-electron chi connectivity index (χ1n) is 6.37. The summed E-state index contributed by atoms with van der Waals surface area (Å²) < 4.78 is 17.4. The summed E-state index contributed by atoms with van der Waals surface area (Å²) >= 11 is 1.58. The molecule has 0 bridgehead atoms. The van der Waals surface area contributed by atoms with Gasteiger partial charge in [0, 0.05) is 6.08 Å². The third-order valence-corrected chi connectivity index (χ3v) is 3.35. The SMILES string of the molecule is COC(=O)[C@H](CCSC)NC(=O)/C=C/c1ccc(F)cc1. The summed E-state index contributed by atoms with van der Waals surface area (Å²) in [6, 6.07) is 5.09. The van der Waals surface area contributed by atoms with Crippen molar-refractivity contribution >= 4 is 29.7 Å². The second kappa shape index (κ2) is 9.18. The molecule has 0 saturated carbocycles. The van der Waals surface area contributed by atoms with E-state index in [2.05, 4.69) is 10.1 Å². The summed E-state index contributed by atoms with van der Waals surface area (Å²) in [5.74, 6) is -0.454. The highest BCUT2D eigenvalue weighted by molar-refractivity contribution is 7.98. The standard InChI is InChI=1S/C15H18FNO3S/c1-20-15(19)13(9-10-21-2)17-14(18)8-5-11-3-6-12(16)7-4-11/h3-8,13H,9-10H2,1-2H3,(H,17,18)/b8-5+/t13-/m0/s1. The maximum absolute atomic E-state index is 12.7. The molecule has 1 rings (SSSR count). The maximum atomic E-state index is 12.7. The number of hydrogen-bond donors (Lipinski definition) is 1. The van der Waals surface area contributed by atoms with Crippen LogP contribution in [0.5, 0.6) is 0 Å². The number of thioether (sulfide) groups is 1. The number of amides is 1. The first-order chi connectivity index (χ1) is 10.1. The van der Waals surface area contributed by atoms with Crippen LogP contribution in [0.4, 0.5) is 4.39 Å². The highest BCUT2D eigenvalue weighted by atomic mass is 32.2. The van der Waals surface area contributed by atoms with E-state index < -0.39 is 17.9 Å². The zero-order valence-corrected chi connectivity index (χ0v) is 12.8. The van der Waals surface area contributed by atoms with Crippen LogP contribution in [0.3, 0.4) is 0 Å². The Hall–Kier alpha value is -1.82. The lowest BCUT2D eigenvalue weighted by atomic mass is 10.2. The fraction of sp³-hybridized carbons (Fsp3) is 0.333. The van der Waals surface area contributed by atoms with Gasteiger partial charge in [-0.15, -0.1) is 0 Å². The van der Waals surface area contributed by atoms with Crippen molar-refractivity contribution in [3.05, 3.63) is 41.7 Å². The van der Waals surface area contributed by atoms with Gasteiger partial charge in [0.05, 0.1) is 7.11 Å². The van der Waals surface area contributed by atoms with E-state index >= 15 is 0 Å². The number of rotatable bonds is 7. The summed E-state index contributed by atoms with van der Waals surface area (Å²) in [5.41, 5.74) is 0.699. The van der Waals surface area contributed by atoms with Crippen molar-refractivity contribution in [3.63, 3.8) is 0 Å². The van der Waals surface area contributed by atoms with E-state index in [0.717, 1.165) is 5.75 Å². The van der Waals surface area contributed by atoms with Gasteiger partial charge < -0.3 is 10.1 Å². The maximum Gasteiger partial charge on any atom is 0.328 e.